The molecule has 3 heteroatoms. The number of nitrogens with one attached hydrogen (secondary N) is 1. The highest BCUT2D eigenvalue weighted by Gasteiger charge is 2.25. The van der Waals surface area contributed by atoms with Crippen molar-refractivity contribution in [2.75, 3.05) is 18.4 Å². The number of hydrogen-bond donors (Lipinski definition) is 1. The van der Waals surface area contributed by atoms with Crippen LogP contribution >= 0.6 is 0 Å². The summed E-state index contributed by atoms with van der Waals surface area (Å²) in [6.07, 6.45) is 2.53. The van der Waals surface area contributed by atoms with Crippen LogP contribution in [0.25, 0.3) is 0 Å². The minimum atomic E-state index is 0.253. The van der Waals surface area contributed by atoms with Crippen LogP contribution in [0.1, 0.15) is 18.4 Å². The molecule has 1 unspecified atom stereocenters. The van der Waals surface area contributed by atoms with Crippen molar-refractivity contribution in [1.82, 2.24) is 4.90 Å². The maximum absolute atomic E-state index is 12.3. The average molecular weight is 294 g/mol. The van der Waals surface area contributed by atoms with E-state index in [4.69, 9.17) is 0 Å². The Balaban J connectivity index is 1.49. The molecular weight excluding hydrogens is 272 g/mol. The highest BCUT2D eigenvalue weighted by Crippen LogP contribution is 2.17. The molecule has 1 aliphatic heterocycles. The van der Waals surface area contributed by atoms with E-state index in [0.29, 0.717) is 6.42 Å². The summed E-state index contributed by atoms with van der Waals surface area (Å²) in [6.45, 7) is 1.66. The van der Waals surface area contributed by atoms with Gasteiger partial charge >= 0.3 is 0 Å². The highest BCUT2D eigenvalue weighted by atomic mass is 16.2. The SMILES string of the molecule is O=C1CC(Nc2ccccc2)CCN1CCc1ccccc1. The van der Waals surface area contributed by atoms with Gasteiger partial charge in [0.15, 0.2) is 0 Å². The summed E-state index contributed by atoms with van der Waals surface area (Å²) in [5.41, 5.74) is 2.39. The predicted octanol–water partition coefficient (Wildman–Crippen LogP) is 3.33. The number of carbonyl (C=O) groups is 1. The maximum Gasteiger partial charge on any atom is 0.224 e. The summed E-state index contributed by atoms with van der Waals surface area (Å²) >= 11 is 0. The zero-order valence-corrected chi connectivity index (χ0v) is 12.7. The lowest BCUT2D eigenvalue weighted by Crippen LogP contribution is -2.44. The van der Waals surface area contributed by atoms with Crippen LogP contribution in [-0.4, -0.2) is 29.9 Å². The molecule has 1 atom stereocenters. The van der Waals surface area contributed by atoms with Crippen molar-refractivity contribution in [1.29, 1.82) is 0 Å². The molecule has 3 nitrogen and oxygen atoms in total. The zero-order chi connectivity index (χ0) is 15.2. The molecule has 114 valence electrons. The Morgan fingerprint density at radius 2 is 1.68 bits per heavy atom. The minimum absolute atomic E-state index is 0.253. The van der Waals surface area contributed by atoms with E-state index in [1.807, 2.05) is 53.4 Å². The Labute approximate surface area is 132 Å². The van der Waals surface area contributed by atoms with Gasteiger partial charge in [0.2, 0.25) is 5.91 Å². The second-order valence-corrected chi connectivity index (χ2v) is 5.82. The summed E-state index contributed by atoms with van der Waals surface area (Å²) in [4.78, 5) is 14.3. The third-order valence-corrected chi connectivity index (χ3v) is 4.18. The molecule has 1 amide bonds. The van der Waals surface area contributed by atoms with E-state index in [1.165, 1.54) is 5.56 Å². The number of likely N-dealkylation sites (tertiary alicyclic amines) is 1. The van der Waals surface area contributed by atoms with Gasteiger partial charge in [-0.3, -0.25) is 4.79 Å². The summed E-state index contributed by atoms with van der Waals surface area (Å²) in [5.74, 6) is 0.260. The van der Waals surface area contributed by atoms with E-state index in [0.717, 1.165) is 31.6 Å². The molecule has 0 aromatic heterocycles. The molecule has 2 aromatic carbocycles. The van der Waals surface area contributed by atoms with Crippen LogP contribution < -0.4 is 5.32 Å². The predicted molar refractivity (Wildman–Crippen MR) is 89.8 cm³/mol. The van der Waals surface area contributed by atoms with Gasteiger partial charge < -0.3 is 10.2 Å². The second-order valence-electron chi connectivity index (χ2n) is 5.82. The fourth-order valence-electron chi connectivity index (χ4n) is 2.92. The summed E-state index contributed by atoms with van der Waals surface area (Å²) in [5, 5.41) is 3.46. The first-order valence-corrected chi connectivity index (χ1v) is 7.94. The van der Waals surface area contributed by atoms with Gasteiger partial charge in [0.25, 0.3) is 0 Å². The van der Waals surface area contributed by atoms with Gasteiger partial charge in [0, 0.05) is 31.2 Å². The number of piperidine rings is 1. The Hall–Kier alpha value is -2.29. The van der Waals surface area contributed by atoms with Gasteiger partial charge in [-0.2, -0.15) is 0 Å². The lowest BCUT2D eigenvalue weighted by atomic mass is 10.0. The number of amides is 1. The number of hydrogen-bond acceptors (Lipinski definition) is 2. The number of benzene rings is 2. The van der Waals surface area contributed by atoms with Crippen molar-refractivity contribution < 1.29 is 4.79 Å². The van der Waals surface area contributed by atoms with Gasteiger partial charge in [-0.05, 0) is 30.5 Å². The molecule has 0 spiro atoms. The third kappa shape index (κ3) is 3.88. The molecule has 22 heavy (non-hydrogen) atoms. The van der Waals surface area contributed by atoms with Crippen LogP contribution in [0.3, 0.4) is 0 Å². The standard InChI is InChI=1S/C19H22N2O/c22-19-15-18(20-17-9-5-2-6-10-17)12-14-21(19)13-11-16-7-3-1-4-8-16/h1-10,18,20H,11-15H2. The van der Waals surface area contributed by atoms with Crippen LogP contribution in [0.5, 0.6) is 0 Å². The molecule has 0 bridgehead atoms. The molecule has 1 N–H and O–H groups in total. The molecule has 0 saturated carbocycles. The smallest absolute Gasteiger partial charge is 0.224 e. The molecule has 1 heterocycles. The van der Waals surface area contributed by atoms with Crippen LogP contribution in [0.15, 0.2) is 60.7 Å². The average Bonchev–Trinajstić information content (AvgIpc) is 2.56. The van der Waals surface area contributed by atoms with Crippen molar-refractivity contribution in [2.45, 2.75) is 25.3 Å². The topological polar surface area (TPSA) is 32.3 Å². The van der Waals surface area contributed by atoms with Gasteiger partial charge in [-0.15, -0.1) is 0 Å². The van der Waals surface area contributed by atoms with Crippen molar-refractivity contribution in [3.63, 3.8) is 0 Å². The van der Waals surface area contributed by atoms with Gasteiger partial charge in [-0.25, -0.2) is 0 Å². The molecule has 0 aliphatic carbocycles. The Morgan fingerprint density at radius 3 is 2.36 bits per heavy atom. The van der Waals surface area contributed by atoms with Crippen molar-refractivity contribution >= 4 is 11.6 Å². The largest absolute Gasteiger partial charge is 0.382 e. The van der Waals surface area contributed by atoms with Crippen LogP contribution in [0.2, 0.25) is 0 Å². The minimum Gasteiger partial charge on any atom is -0.382 e. The monoisotopic (exact) mass is 294 g/mol. The second kappa shape index (κ2) is 7.12. The number of anilines is 1. The molecule has 2 aromatic rings. The summed E-state index contributed by atoms with van der Waals surface area (Å²) in [7, 11) is 0. The van der Waals surface area contributed by atoms with Gasteiger partial charge in [0.05, 0.1) is 0 Å². The first-order chi connectivity index (χ1) is 10.8. The van der Waals surface area contributed by atoms with Crippen LogP contribution in [-0.2, 0) is 11.2 Å². The van der Waals surface area contributed by atoms with Crippen molar-refractivity contribution in [2.24, 2.45) is 0 Å². The van der Waals surface area contributed by atoms with Crippen LogP contribution in [0.4, 0.5) is 5.69 Å². The fraction of sp³-hybridized carbons (Fsp3) is 0.316. The molecule has 1 aliphatic rings. The Bertz CT molecular complexity index is 597. The molecular formula is C19H22N2O. The highest BCUT2D eigenvalue weighted by molar-refractivity contribution is 5.78. The van der Waals surface area contributed by atoms with Crippen molar-refractivity contribution in [3.05, 3.63) is 66.2 Å². The van der Waals surface area contributed by atoms with Gasteiger partial charge in [0.1, 0.15) is 0 Å². The number of carbonyl (C=O) groups excluding carboxylic acids is 1. The normalized spacial score (nSPS) is 18.3. The van der Waals surface area contributed by atoms with Gasteiger partial charge in [-0.1, -0.05) is 48.5 Å². The van der Waals surface area contributed by atoms with Crippen molar-refractivity contribution in [3.8, 4) is 0 Å². The number of nitrogens with zero attached hydrogens (tertiary/aromatic N) is 1. The summed E-state index contributed by atoms with van der Waals surface area (Å²) < 4.78 is 0. The Morgan fingerprint density at radius 1 is 1.00 bits per heavy atom. The molecule has 3 rings (SSSR count). The van der Waals surface area contributed by atoms with E-state index in [1.54, 1.807) is 0 Å². The molecule has 1 saturated heterocycles. The van der Waals surface area contributed by atoms with E-state index in [-0.39, 0.29) is 11.9 Å². The molecule has 1 fully saturated rings. The summed E-state index contributed by atoms with van der Waals surface area (Å²) in [6, 6.07) is 20.7. The zero-order valence-electron chi connectivity index (χ0n) is 12.7. The van der Waals surface area contributed by atoms with E-state index >= 15 is 0 Å². The number of rotatable bonds is 5. The lowest BCUT2D eigenvalue weighted by molar-refractivity contribution is -0.133. The first-order valence-electron chi connectivity index (χ1n) is 7.94. The Kier molecular flexibility index (Phi) is 4.74. The lowest BCUT2D eigenvalue weighted by Gasteiger charge is -2.32. The maximum atomic E-state index is 12.3. The van der Waals surface area contributed by atoms with E-state index < -0.39 is 0 Å². The first kappa shape index (κ1) is 14.6. The molecule has 0 radical (unpaired) electrons. The van der Waals surface area contributed by atoms with E-state index in [2.05, 4.69) is 17.4 Å². The number of para-hydroxylation sites is 1. The fourth-order valence-corrected chi connectivity index (χ4v) is 2.92. The third-order valence-electron chi connectivity index (χ3n) is 4.18. The van der Waals surface area contributed by atoms with Crippen LogP contribution in [0, 0.1) is 0 Å². The quantitative estimate of drug-likeness (QED) is 0.917. The van der Waals surface area contributed by atoms with E-state index in [9.17, 15) is 4.79 Å².